The van der Waals surface area contributed by atoms with E-state index in [1.807, 2.05) is 6.92 Å². The van der Waals surface area contributed by atoms with Crippen LogP contribution in [0.2, 0.25) is 0 Å². The van der Waals surface area contributed by atoms with Gasteiger partial charge < -0.3 is 10.4 Å². The van der Waals surface area contributed by atoms with Crippen LogP contribution in [0.3, 0.4) is 0 Å². The van der Waals surface area contributed by atoms with E-state index in [4.69, 9.17) is 5.11 Å². The van der Waals surface area contributed by atoms with Gasteiger partial charge in [0.25, 0.3) is 0 Å². The Kier molecular flexibility index (Phi) is 4.12. The molecule has 0 unspecified atom stereocenters. The van der Waals surface area contributed by atoms with Crippen molar-refractivity contribution < 1.29 is 14.7 Å². The molecule has 0 aliphatic heterocycles. The summed E-state index contributed by atoms with van der Waals surface area (Å²) in [4.78, 5) is 23.6. The molecule has 2 rings (SSSR count). The topological polar surface area (TPSA) is 66.4 Å². The van der Waals surface area contributed by atoms with Crippen molar-refractivity contribution in [3.63, 3.8) is 0 Å². The first kappa shape index (κ1) is 14.6. The highest BCUT2D eigenvalue weighted by Gasteiger charge is 2.39. The molecule has 1 fully saturated rings. The Morgan fingerprint density at radius 3 is 2.50 bits per heavy atom. The van der Waals surface area contributed by atoms with Gasteiger partial charge in [-0.15, -0.1) is 0 Å². The molecule has 1 saturated carbocycles. The van der Waals surface area contributed by atoms with Crippen LogP contribution in [-0.4, -0.2) is 17.0 Å². The lowest BCUT2D eigenvalue weighted by molar-refractivity contribution is -0.125. The van der Waals surface area contributed by atoms with E-state index >= 15 is 0 Å². The maximum absolute atomic E-state index is 12.5. The molecule has 1 aromatic carbocycles. The largest absolute Gasteiger partial charge is 0.478 e. The Hall–Kier alpha value is -1.84. The minimum absolute atomic E-state index is 0.0256. The summed E-state index contributed by atoms with van der Waals surface area (Å²) in [5.74, 6) is -0.942. The molecule has 1 aliphatic rings. The van der Waals surface area contributed by atoms with Crippen molar-refractivity contribution in [1.29, 1.82) is 0 Å². The molecule has 0 saturated heterocycles. The Bertz CT molecular complexity index is 531. The van der Waals surface area contributed by atoms with E-state index in [9.17, 15) is 9.59 Å². The number of carbonyl (C=O) groups excluding carboxylic acids is 1. The van der Waals surface area contributed by atoms with Crippen molar-refractivity contribution in [2.45, 2.75) is 46.0 Å². The number of carbonyl (C=O) groups is 2. The molecule has 0 spiro atoms. The number of anilines is 1. The standard InChI is InChI=1S/C16H21NO3/c1-3-16(8-4-5-9-16)15(20)17-12-7-6-11(2)13(10-12)14(18)19/h6-7,10H,3-5,8-9H2,1-2H3,(H,17,20)(H,18,19). The number of carboxylic acid groups (broad SMARTS) is 1. The number of hydrogen-bond acceptors (Lipinski definition) is 2. The molecular weight excluding hydrogens is 254 g/mol. The summed E-state index contributed by atoms with van der Waals surface area (Å²) in [6.07, 6.45) is 4.86. The van der Waals surface area contributed by atoms with E-state index in [1.54, 1.807) is 19.1 Å². The second kappa shape index (κ2) is 5.65. The molecule has 108 valence electrons. The van der Waals surface area contributed by atoms with Gasteiger partial charge in [0, 0.05) is 11.1 Å². The maximum Gasteiger partial charge on any atom is 0.336 e. The average Bonchev–Trinajstić information content (AvgIpc) is 2.90. The van der Waals surface area contributed by atoms with Gasteiger partial charge >= 0.3 is 5.97 Å². The lowest BCUT2D eigenvalue weighted by Gasteiger charge is -2.26. The minimum Gasteiger partial charge on any atom is -0.478 e. The third-order valence-corrected chi connectivity index (χ3v) is 4.44. The highest BCUT2D eigenvalue weighted by Crippen LogP contribution is 2.41. The average molecular weight is 275 g/mol. The van der Waals surface area contributed by atoms with Gasteiger partial charge in [0.15, 0.2) is 0 Å². The lowest BCUT2D eigenvalue weighted by atomic mass is 9.82. The summed E-state index contributed by atoms with van der Waals surface area (Å²) in [5, 5.41) is 12.0. The van der Waals surface area contributed by atoms with Crippen molar-refractivity contribution in [3.05, 3.63) is 29.3 Å². The monoisotopic (exact) mass is 275 g/mol. The van der Waals surface area contributed by atoms with Crippen molar-refractivity contribution >= 4 is 17.6 Å². The second-order valence-electron chi connectivity index (χ2n) is 5.63. The molecule has 2 N–H and O–H groups in total. The number of aromatic carboxylic acids is 1. The van der Waals surface area contributed by atoms with Crippen LogP contribution in [0.1, 0.15) is 54.9 Å². The SMILES string of the molecule is CCC1(C(=O)Nc2ccc(C)c(C(=O)O)c2)CCCC1. The zero-order valence-corrected chi connectivity index (χ0v) is 12.0. The summed E-state index contributed by atoms with van der Waals surface area (Å²) >= 11 is 0. The number of benzene rings is 1. The van der Waals surface area contributed by atoms with Gasteiger partial charge in [-0.3, -0.25) is 4.79 Å². The number of hydrogen-bond donors (Lipinski definition) is 2. The molecule has 0 aromatic heterocycles. The minimum atomic E-state index is -0.968. The zero-order chi connectivity index (χ0) is 14.8. The first-order valence-corrected chi connectivity index (χ1v) is 7.14. The fraction of sp³-hybridized carbons (Fsp3) is 0.500. The smallest absolute Gasteiger partial charge is 0.336 e. The van der Waals surface area contributed by atoms with Crippen molar-refractivity contribution in [2.75, 3.05) is 5.32 Å². The van der Waals surface area contributed by atoms with Crippen molar-refractivity contribution in [1.82, 2.24) is 0 Å². The molecule has 20 heavy (non-hydrogen) atoms. The second-order valence-corrected chi connectivity index (χ2v) is 5.63. The predicted octanol–water partition coefficient (Wildman–Crippen LogP) is 3.60. The molecule has 1 aromatic rings. The van der Waals surface area contributed by atoms with Gasteiger partial charge in [-0.2, -0.15) is 0 Å². The Labute approximate surface area is 119 Å². The van der Waals surface area contributed by atoms with Crippen LogP contribution in [0, 0.1) is 12.3 Å². The number of rotatable bonds is 4. The van der Waals surface area contributed by atoms with Crippen LogP contribution >= 0.6 is 0 Å². The third kappa shape index (κ3) is 2.69. The van der Waals surface area contributed by atoms with Crippen LogP contribution in [0.5, 0.6) is 0 Å². The number of amides is 1. The summed E-state index contributed by atoms with van der Waals surface area (Å²) in [7, 11) is 0. The van der Waals surface area contributed by atoms with Crippen LogP contribution in [-0.2, 0) is 4.79 Å². The molecule has 0 heterocycles. The Morgan fingerprint density at radius 2 is 1.95 bits per heavy atom. The Balaban J connectivity index is 2.19. The van der Waals surface area contributed by atoms with E-state index in [-0.39, 0.29) is 16.9 Å². The first-order valence-electron chi connectivity index (χ1n) is 7.14. The van der Waals surface area contributed by atoms with Crippen LogP contribution in [0.25, 0.3) is 0 Å². The number of aryl methyl sites for hydroxylation is 1. The van der Waals surface area contributed by atoms with Gasteiger partial charge in [-0.05, 0) is 43.9 Å². The molecule has 0 radical (unpaired) electrons. The van der Waals surface area contributed by atoms with E-state index < -0.39 is 5.97 Å². The fourth-order valence-electron chi connectivity index (χ4n) is 2.99. The summed E-state index contributed by atoms with van der Waals surface area (Å²) < 4.78 is 0. The molecule has 4 nitrogen and oxygen atoms in total. The van der Waals surface area contributed by atoms with Gasteiger partial charge in [0.1, 0.15) is 0 Å². The molecule has 0 bridgehead atoms. The number of nitrogens with one attached hydrogen (secondary N) is 1. The van der Waals surface area contributed by atoms with Crippen LogP contribution in [0.4, 0.5) is 5.69 Å². The maximum atomic E-state index is 12.5. The predicted molar refractivity (Wildman–Crippen MR) is 78.0 cm³/mol. The summed E-state index contributed by atoms with van der Waals surface area (Å²) in [5.41, 5.74) is 1.23. The molecule has 1 aliphatic carbocycles. The molecule has 1 amide bonds. The van der Waals surface area contributed by atoms with E-state index in [0.29, 0.717) is 11.3 Å². The highest BCUT2D eigenvalue weighted by atomic mass is 16.4. The summed E-state index contributed by atoms with van der Waals surface area (Å²) in [6, 6.07) is 5.03. The molecule has 0 atom stereocenters. The number of carboxylic acids is 1. The van der Waals surface area contributed by atoms with Gasteiger partial charge in [-0.1, -0.05) is 25.8 Å². The van der Waals surface area contributed by atoms with Crippen LogP contribution in [0.15, 0.2) is 18.2 Å². The summed E-state index contributed by atoms with van der Waals surface area (Å²) in [6.45, 7) is 3.79. The van der Waals surface area contributed by atoms with Crippen molar-refractivity contribution in [3.8, 4) is 0 Å². The quantitative estimate of drug-likeness (QED) is 0.882. The van der Waals surface area contributed by atoms with Crippen LogP contribution < -0.4 is 5.32 Å². The van der Waals surface area contributed by atoms with Crippen molar-refractivity contribution in [2.24, 2.45) is 5.41 Å². The Morgan fingerprint density at radius 1 is 1.30 bits per heavy atom. The molecule has 4 heteroatoms. The van der Waals surface area contributed by atoms with Gasteiger partial charge in [0.05, 0.1) is 5.56 Å². The highest BCUT2D eigenvalue weighted by molar-refractivity contribution is 5.97. The first-order chi connectivity index (χ1) is 9.48. The van der Waals surface area contributed by atoms with Gasteiger partial charge in [-0.25, -0.2) is 4.79 Å². The molecular formula is C16H21NO3. The normalized spacial score (nSPS) is 16.9. The fourth-order valence-corrected chi connectivity index (χ4v) is 2.99. The van der Waals surface area contributed by atoms with E-state index in [1.165, 1.54) is 6.07 Å². The van der Waals surface area contributed by atoms with E-state index in [2.05, 4.69) is 5.32 Å². The van der Waals surface area contributed by atoms with Gasteiger partial charge in [0.2, 0.25) is 5.91 Å². The lowest BCUT2D eigenvalue weighted by Crippen LogP contribution is -2.33. The zero-order valence-electron chi connectivity index (χ0n) is 12.0. The third-order valence-electron chi connectivity index (χ3n) is 4.44. The van der Waals surface area contributed by atoms with E-state index in [0.717, 1.165) is 32.1 Å².